The Hall–Kier alpha value is -3.18. The smallest absolute Gasteiger partial charge is 0.337 e. The van der Waals surface area contributed by atoms with Crippen molar-refractivity contribution in [1.29, 1.82) is 0 Å². The molecule has 3 aromatic rings. The van der Waals surface area contributed by atoms with Crippen molar-refractivity contribution in [3.8, 4) is 0 Å². The van der Waals surface area contributed by atoms with Crippen molar-refractivity contribution < 1.29 is 14.3 Å². The van der Waals surface area contributed by atoms with E-state index in [0.29, 0.717) is 24.1 Å². The van der Waals surface area contributed by atoms with Gasteiger partial charge in [-0.2, -0.15) is 0 Å². The monoisotopic (exact) mass is 403 g/mol. The number of methoxy groups -OCH3 is 1. The van der Waals surface area contributed by atoms with Crippen LogP contribution < -0.4 is 5.56 Å². The van der Waals surface area contributed by atoms with Crippen LogP contribution in [-0.2, 0) is 22.4 Å². The minimum atomic E-state index is -0.552. The Labute approximate surface area is 175 Å². The predicted octanol–water partition coefficient (Wildman–Crippen LogP) is 4.12. The van der Waals surface area contributed by atoms with Crippen LogP contribution in [0, 0.1) is 0 Å². The fourth-order valence-corrected chi connectivity index (χ4v) is 4.02. The molecule has 0 amide bonds. The van der Waals surface area contributed by atoms with Gasteiger partial charge in [0.1, 0.15) is 6.10 Å². The van der Waals surface area contributed by atoms with Gasteiger partial charge in [0.2, 0.25) is 0 Å². The molecular weight excluding hydrogens is 378 g/mol. The number of ether oxygens (including phenoxy) is 2. The normalized spacial score (nSPS) is 17.2. The molecule has 0 aliphatic carbocycles. The van der Waals surface area contributed by atoms with E-state index in [4.69, 9.17) is 9.47 Å². The second-order valence-corrected chi connectivity index (χ2v) is 8.22. The number of esters is 1. The molecular formula is C25H25NO4. The minimum absolute atomic E-state index is 0.0986. The number of hydrogen-bond donors (Lipinski definition) is 0. The molecule has 0 saturated heterocycles. The van der Waals surface area contributed by atoms with E-state index in [1.165, 1.54) is 7.11 Å². The molecule has 0 radical (unpaired) electrons. The van der Waals surface area contributed by atoms with Gasteiger partial charge in [-0.25, -0.2) is 4.79 Å². The molecule has 0 N–H and O–H groups in total. The first-order chi connectivity index (χ1) is 14.4. The van der Waals surface area contributed by atoms with Gasteiger partial charge >= 0.3 is 5.97 Å². The number of nitrogens with zero attached hydrogens (tertiary/aromatic N) is 1. The van der Waals surface area contributed by atoms with Crippen LogP contribution in [0.4, 0.5) is 0 Å². The molecule has 5 heteroatoms. The van der Waals surface area contributed by atoms with Gasteiger partial charge < -0.3 is 14.0 Å². The topological polar surface area (TPSA) is 57.5 Å². The average Bonchev–Trinajstić information content (AvgIpc) is 2.74. The molecule has 30 heavy (non-hydrogen) atoms. The molecule has 4 rings (SSSR count). The van der Waals surface area contributed by atoms with Gasteiger partial charge in [0.25, 0.3) is 5.56 Å². The highest BCUT2D eigenvalue weighted by atomic mass is 16.5. The lowest BCUT2D eigenvalue weighted by molar-refractivity contribution is -0.0675. The summed E-state index contributed by atoms with van der Waals surface area (Å²) in [5.74, 6) is -0.407. The highest BCUT2D eigenvalue weighted by Crippen LogP contribution is 2.39. The second-order valence-electron chi connectivity index (χ2n) is 8.22. The van der Waals surface area contributed by atoms with Crippen LogP contribution in [0.15, 0.2) is 71.7 Å². The molecule has 5 nitrogen and oxygen atoms in total. The van der Waals surface area contributed by atoms with E-state index in [9.17, 15) is 9.59 Å². The molecule has 154 valence electrons. The lowest BCUT2D eigenvalue weighted by Crippen LogP contribution is -2.38. The van der Waals surface area contributed by atoms with Crippen LogP contribution in [0.3, 0.4) is 0 Å². The Kier molecular flexibility index (Phi) is 5.31. The number of carbonyl (C=O) groups is 1. The van der Waals surface area contributed by atoms with Crippen molar-refractivity contribution in [3.63, 3.8) is 0 Å². The number of benzene rings is 2. The number of rotatable bonds is 4. The maximum absolute atomic E-state index is 13.4. The summed E-state index contributed by atoms with van der Waals surface area (Å²) in [5.41, 5.74) is 3.44. The second kappa shape index (κ2) is 7.92. The molecule has 2 aromatic carbocycles. The Morgan fingerprint density at radius 1 is 1.10 bits per heavy atom. The molecule has 0 spiro atoms. The van der Waals surface area contributed by atoms with E-state index < -0.39 is 17.7 Å². The van der Waals surface area contributed by atoms with Crippen LogP contribution in [0.2, 0.25) is 0 Å². The van der Waals surface area contributed by atoms with Crippen LogP contribution in [-0.4, -0.2) is 23.2 Å². The first kappa shape index (κ1) is 20.1. The summed E-state index contributed by atoms with van der Waals surface area (Å²) in [6.45, 7) is 4.52. The summed E-state index contributed by atoms with van der Waals surface area (Å²) in [6.07, 6.45) is 1.94. The highest BCUT2D eigenvalue weighted by molar-refractivity contribution is 5.89. The minimum Gasteiger partial charge on any atom is -0.465 e. The van der Waals surface area contributed by atoms with E-state index in [1.807, 2.05) is 62.4 Å². The maximum Gasteiger partial charge on any atom is 0.337 e. The maximum atomic E-state index is 13.4. The third-order valence-corrected chi connectivity index (χ3v) is 5.43. The van der Waals surface area contributed by atoms with E-state index in [1.54, 1.807) is 22.9 Å². The van der Waals surface area contributed by atoms with Crippen molar-refractivity contribution in [2.24, 2.45) is 0 Å². The zero-order valence-electron chi connectivity index (χ0n) is 17.4. The third kappa shape index (κ3) is 3.94. The summed E-state index contributed by atoms with van der Waals surface area (Å²) in [5, 5.41) is 0. The highest BCUT2D eigenvalue weighted by Gasteiger charge is 2.35. The fraction of sp³-hybridized carbons (Fsp3) is 0.280. The van der Waals surface area contributed by atoms with Crippen molar-refractivity contribution in [2.75, 3.05) is 7.11 Å². The Balaban J connectivity index is 1.79. The van der Waals surface area contributed by atoms with Gasteiger partial charge in [-0.05, 0) is 54.8 Å². The van der Waals surface area contributed by atoms with Crippen LogP contribution in [0.5, 0.6) is 0 Å². The summed E-state index contributed by atoms with van der Waals surface area (Å²) >= 11 is 0. The molecule has 0 bridgehead atoms. The SMILES string of the molecule is COC(=O)c1ccc2c(c1)C(c1cccn(Cc3ccccc3)c1=O)OC(C)(C)C2. The van der Waals surface area contributed by atoms with E-state index in [0.717, 1.165) is 16.7 Å². The van der Waals surface area contributed by atoms with Crippen LogP contribution in [0.25, 0.3) is 0 Å². The van der Waals surface area contributed by atoms with Crippen molar-refractivity contribution in [2.45, 2.75) is 38.5 Å². The predicted molar refractivity (Wildman–Crippen MR) is 115 cm³/mol. The Morgan fingerprint density at radius 2 is 1.87 bits per heavy atom. The molecule has 1 atom stereocenters. The zero-order valence-corrected chi connectivity index (χ0v) is 17.4. The quantitative estimate of drug-likeness (QED) is 0.615. The Morgan fingerprint density at radius 3 is 2.60 bits per heavy atom. The van der Waals surface area contributed by atoms with Gasteiger partial charge in [0.05, 0.1) is 30.4 Å². The number of carbonyl (C=O) groups excluding carboxylic acids is 1. The molecule has 1 aromatic heterocycles. The van der Waals surface area contributed by atoms with Crippen molar-refractivity contribution >= 4 is 5.97 Å². The summed E-state index contributed by atoms with van der Waals surface area (Å²) in [4.78, 5) is 25.4. The van der Waals surface area contributed by atoms with Gasteiger partial charge in [-0.3, -0.25) is 4.79 Å². The average molecular weight is 403 g/mol. The fourth-order valence-electron chi connectivity index (χ4n) is 4.02. The van der Waals surface area contributed by atoms with E-state index >= 15 is 0 Å². The number of pyridine rings is 1. The van der Waals surface area contributed by atoms with E-state index in [2.05, 4.69) is 0 Å². The van der Waals surface area contributed by atoms with Gasteiger partial charge in [-0.15, -0.1) is 0 Å². The lowest BCUT2D eigenvalue weighted by Gasteiger charge is -2.38. The zero-order chi connectivity index (χ0) is 21.3. The van der Waals surface area contributed by atoms with Gasteiger partial charge in [0, 0.05) is 12.6 Å². The van der Waals surface area contributed by atoms with E-state index in [-0.39, 0.29) is 5.56 Å². The first-order valence-corrected chi connectivity index (χ1v) is 10.0. The Bertz CT molecular complexity index is 1130. The standard InChI is InChI=1S/C25H25NO4/c1-25(2)15-19-12-11-18(24(28)29-3)14-21(19)22(30-25)20-10-7-13-26(23(20)27)16-17-8-5-4-6-9-17/h4-14,22H,15-16H2,1-3H3. The first-order valence-electron chi connectivity index (χ1n) is 10.0. The number of fused-ring (bicyclic) bond motifs is 1. The third-order valence-electron chi connectivity index (χ3n) is 5.43. The van der Waals surface area contributed by atoms with Crippen LogP contribution in [0.1, 0.15) is 52.6 Å². The summed E-state index contributed by atoms with van der Waals surface area (Å²) in [6, 6.07) is 19.0. The molecule has 2 heterocycles. The lowest BCUT2D eigenvalue weighted by atomic mass is 9.85. The molecule has 1 aliphatic heterocycles. The van der Waals surface area contributed by atoms with Crippen molar-refractivity contribution in [1.82, 2.24) is 4.57 Å². The molecule has 0 saturated carbocycles. The summed E-state index contributed by atoms with van der Waals surface area (Å²) in [7, 11) is 1.36. The van der Waals surface area contributed by atoms with Gasteiger partial charge in [0.15, 0.2) is 0 Å². The summed E-state index contributed by atoms with van der Waals surface area (Å²) < 4.78 is 12.9. The number of aromatic nitrogens is 1. The van der Waals surface area contributed by atoms with Gasteiger partial charge in [-0.1, -0.05) is 36.4 Å². The largest absolute Gasteiger partial charge is 0.465 e. The molecule has 0 fully saturated rings. The van der Waals surface area contributed by atoms with Crippen molar-refractivity contribution in [3.05, 3.63) is 105 Å². The number of hydrogen-bond acceptors (Lipinski definition) is 4. The van der Waals surface area contributed by atoms with Crippen LogP contribution >= 0.6 is 0 Å². The molecule has 1 aliphatic rings. The molecule has 1 unspecified atom stereocenters.